The van der Waals surface area contributed by atoms with Crippen LogP contribution in [0.5, 0.6) is 0 Å². The standard InChI is InChI=1S/C8H9NO2/c10-8(5-11-6-8)7-1-3-9-4-2-7/h1-4,10H,5-6H2. The maximum absolute atomic E-state index is 9.73. The lowest BCUT2D eigenvalue weighted by atomic mass is 9.93. The van der Waals surface area contributed by atoms with E-state index in [4.69, 9.17) is 4.74 Å². The fraction of sp³-hybridized carbons (Fsp3) is 0.375. The number of nitrogens with zero attached hydrogens (tertiary/aromatic N) is 1. The lowest BCUT2D eigenvalue weighted by Crippen LogP contribution is -2.46. The van der Waals surface area contributed by atoms with Crippen molar-refractivity contribution in [2.45, 2.75) is 5.60 Å². The molecule has 1 aliphatic rings. The van der Waals surface area contributed by atoms with Gasteiger partial charge in [-0.15, -0.1) is 0 Å². The van der Waals surface area contributed by atoms with Crippen LogP contribution in [0.1, 0.15) is 5.56 Å². The quantitative estimate of drug-likeness (QED) is 0.627. The van der Waals surface area contributed by atoms with E-state index in [0.29, 0.717) is 13.2 Å². The van der Waals surface area contributed by atoms with E-state index in [1.807, 2.05) is 12.1 Å². The van der Waals surface area contributed by atoms with Gasteiger partial charge in [-0.05, 0) is 17.7 Å². The molecule has 2 rings (SSSR count). The molecule has 11 heavy (non-hydrogen) atoms. The van der Waals surface area contributed by atoms with Crippen molar-refractivity contribution in [2.24, 2.45) is 0 Å². The summed E-state index contributed by atoms with van der Waals surface area (Å²) in [5.41, 5.74) is 0.141. The Morgan fingerprint density at radius 3 is 2.45 bits per heavy atom. The topological polar surface area (TPSA) is 42.4 Å². The van der Waals surface area contributed by atoms with Crippen molar-refractivity contribution in [3.8, 4) is 0 Å². The van der Waals surface area contributed by atoms with Gasteiger partial charge in [0, 0.05) is 12.4 Å². The summed E-state index contributed by atoms with van der Waals surface area (Å²) < 4.78 is 4.92. The van der Waals surface area contributed by atoms with Crippen LogP contribution in [-0.4, -0.2) is 23.3 Å². The smallest absolute Gasteiger partial charge is 0.136 e. The normalized spacial score (nSPS) is 20.8. The van der Waals surface area contributed by atoms with Crippen LogP contribution in [0.2, 0.25) is 0 Å². The Balaban J connectivity index is 2.29. The lowest BCUT2D eigenvalue weighted by molar-refractivity contribution is -0.184. The lowest BCUT2D eigenvalue weighted by Gasteiger charge is -2.36. The van der Waals surface area contributed by atoms with Crippen molar-refractivity contribution >= 4 is 0 Å². The van der Waals surface area contributed by atoms with Crippen LogP contribution < -0.4 is 0 Å². The first-order valence-electron chi connectivity index (χ1n) is 3.52. The van der Waals surface area contributed by atoms with Crippen molar-refractivity contribution in [1.82, 2.24) is 4.98 Å². The zero-order chi connectivity index (χ0) is 7.73. The minimum absolute atomic E-state index is 0.400. The second-order valence-corrected chi connectivity index (χ2v) is 2.76. The van der Waals surface area contributed by atoms with Gasteiger partial charge in [-0.25, -0.2) is 0 Å². The minimum atomic E-state index is -0.747. The second kappa shape index (κ2) is 2.29. The van der Waals surface area contributed by atoms with Crippen LogP contribution in [0.15, 0.2) is 24.5 Å². The van der Waals surface area contributed by atoms with Gasteiger partial charge in [0.1, 0.15) is 5.60 Å². The number of hydrogen-bond acceptors (Lipinski definition) is 3. The predicted molar refractivity (Wildman–Crippen MR) is 39.0 cm³/mol. The van der Waals surface area contributed by atoms with Crippen molar-refractivity contribution in [2.75, 3.05) is 13.2 Å². The molecule has 0 amide bonds. The fourth-order valence-corrected chi connectivity index (χ4v) is 1.12. The SMILES string of the molecule is OC1(c2ccncc2)COC1. The summed E-state index contributed by atoms with van der Waals surface area (Å²) in [6.07, 6.45) is 3.34. The summed E-state index contributed by atoms with van der Waals surface area (Å²) in [4.78, 5) is 3.87. The van der Waals surface area contributed by atoms with Gasteiger partial charge in [-0.2, -0.15) is 0 Å². The molecule has 0 radical (unpaired) electrons. The van der Waals surface area contributed by atoms with Crippen molar-refractivity contribution in [3.05, 3.63) is 30.1 Å². The van der Waals surface area contributed by atoms with Crippen LogP contribution in [-0.2, 0) is 10.3 Å². The van der Waals surface area contributed by atoms with Crippen LogP contribution in [0.25, 0.3) is 0 Å². The van der Waals surface area contributed by atoms with Crippen LogP contribution >= 0.6 is 0 Å². The van der Waals surface area contributed by atoms with Crippen molar-refractivity contribution in [1.29, 1.82) is 0 Å². The summed E-state index contributed by atoms with van der Waals surface area (Å²) in [7, 11) is 0. The highest BCUT2D eigenvalue weighted by Gasteiger charge is 2.37. The molecule has 0 unspecified atom stereocenters. The van der Waals surface area contributed by atoms with Gasteiger partial charge >= 0.3 is 0 Å². The monoisotopic (exact) mass is 151 g/mol. The number of hydrogen-bond donors (Lipinski definition) is 1. The van der Waals surface area contributed by atoms with E-state index < -0.39 is 5.60 Å². The number of pyridine rings is 1. The number of aliphatic hydroxyl groups is 1. The highest BCUT2D eigenvalue weighted by Crippen LogP contribution is 2.28. The van der Waals surface area contributed by atoms with E-state index >= 15 is 0 Å². The molecule has 0 aliphatic carbocycles. The maximum Gasteiger partial charge on any atom is 0.136 e. The average Bonchev–Trinajstić information content (AvgIpc) is 2.02. The molecule has 1 fully saturated rings. The van der Waals surface area contributed by atoms with E-state index in [0.717, 1.165) is 5.56 Å². The Hall–Kier alpha value is -0.930. The fourth-order valence-electron chi connectivity index (χ4n) is 1.12. The first-order chi connectivity index (χ1) is 5.31. The Bertz CT molecular complexity index is 244. The van der Waals surface area contributed by atoms with Crippen LogP contribution in [0, 0.1) is 0 Å². The van der Waals surface area contributed by atoms with E-state index in [-0.39, 0.29) is 0 Å². The largest absolute Gasteiger partial charge is 0.380 e. The van der Waals surface area contributed by atoms with Crippen LogP contribution in [0.4, 0.5) is 0 Å². The third-order valence-corrected chi connectivity index (χ3v) is 1.90. The van der Waals surface area contributed by atoms with E-state index in [1.54, 1.807) is 12.4 Å². The minimum Gasteiger partial charge on any atom is -0.380 e. The Morgan fingerprint density at radius 1 is 1.36 bits per heavy atom. The molecule has 3 heteroatoms. The van der Waals surface area contributed by atoms with Crippen LogP contribution in [0.3, 0.4) is 0 Å². The first-order valence-corrected chi connectivity index (χ1v) is 3.52. The molecule has 0 bridgehead atoms. The van der Waals surface area contributed by atoms with Gasteiger partial charge in [-0.1, -0.05) is 0 Å². The van der Waals surface area contributed by atoms with Crippen molar-refractivity contribution < 1.29 is 9.84 Å². The highest BCUT2D eigenvalue weighted by molar-refractivity contribution is 5.21. The molecule has 0 saturated carbocycles. The van der Waals surface area contributed by atoms with E-state index in [2.05, 4.69) is 4.98 Å². The van der Waals surface area contributed by atoms with Crippen molar-refractivity contribution in [3.63, 3.8) is 0 Å². The molecule has 1 aromatic heterocycles. The van der Waals surface area contributed by atoms with Gasteiger partial charge in [-0.3, -0.25) is 4.98 Å². The zero-order valence-corrected chi connectivity index (χ0v) is 6.03. The average molecular weight is 151 g/mol. The van der Waals surface area contributed by atoms with Gasteiger partial charge in [0.15, 0.2) is 0 Å². The molecule has 2 heterocycles. The first kappa shape index (κ1) is 6.76. The summed E-state index contributed by atoms with van der Waals surface area (Å²) in [5, 5.41) is 9.73. The van der Waals surface area contributed by atoms with E-state index in [9.17, 15) is 5.11 Å². The number of rotatable bonds is 1. The molecule has 0 aromatic carbocycles. The molecule has 58 valence electrons. The van der Waals surface area contributed by atoms with E-state index in [1.165, 1.54) is 0 Å². The Labute approximate surface area is 64.6 Å². The number of aromatic nitrogens is 1. The Kier molecular flexibility index (Phi) is 1.41. The van der Waals surface area contributed by atoms with Gasteiger partial charge < -0.3 is 9.84 Å². The summed E-state index contributed by atoms with van der Waals surface area (Å²) >= 11 is 0. The Morgan fingerprint density at radius 2 is 2.00 bits per heavy atom. The summed E-state index contributed by atoms with van der Waals surface area (Å²) in [6.45, 7) is 0.800. The predicted octanol–water partition coefficient (Wildman–Crippen LogP) is 0.299. The molecule has 3 nitrogen and oxygen atoms in total. The third kappa shape index (κ3) is 1.02. The number of ether oxygens (including phenoxy) is 1. The molecule has 1 aromatic rings. The zero-order valence-electron chi connectivity index (χ0n) is 6.03. The second-order valence-electron chi connectivity index (χ2n) is 2.76. The van der Waals surface area contributed by atoms with Gasteiger partial charge in [0.25, 0.3) is 0 Å². The van der Waals surface area contributed by atoms with Gasteiger partial charge in [0.2, 0.25) is 0 Å². The molecular formula is C8H9NO2. The molecule has 1 saturated heterocycles. The molecule has 1 N–H and O–H groups in total. The molecule has 0 atom stereocenters. The summed E-state index contributed by atoms with van der Waals surface area (Å²) in [5.74, 6) is 0. The maximum atomic E-state index is 9.73. The summed E-state index contributed by atoms with van der Waals surface area (Å²) in [6, 6.07) is 3.62. The molecule has 1 aliphatic heterocycles. The third-order valence-electron chi connectivity index (χ3n) is 1.90. The highest BCUT2D eigenvalue weighted by atomic mass is 16.5. The van der Waals surface area contributed by atoms with Gasteiger partial charge in [0.05, 0.1) is 13.2 Å². The molecular weight excluding hydrogens is 142 g/mol. The molecule has 0 spiro atoms.